The molecule has 0 saturated carbocycles. The van der Waals surface area contributed by atoms with E-state index in [-0.39, 0.29) is 0 Å². The van der Waals surface area contributed by atoms with E-state index in [4.69, 9.17) is 5.73 Å². The molecule has 0 atom stereocenters. The molecule has 3 nitrogen and oxygen atoms in total. The van der Waals surface area contributed by atoms with Crippen molar-refractivity contribution >= 4 is 17.3 Å². The van der Waals surface area contributed by atoms with Crippen molar-refractivity contribution in [3.05, 3.63) is 22.4 Å². The zero-order valence-electron chi connectivity index (χ0n) is 10.4. The Labute approximate surface area is 107 Å². The summed E-state index contributed by atoms with van der Waals surface area (Å²) in [5, 5.41) is 2.11. The number of guanidine groups is 1. The number of piperidine rings is 1. The highest BCUT2D eigenvalue weighted by molar-refractivity contribution is 7.09. The van der Waals surface area contributed by atoms with Crippen LogP contribution in [0.4, 0.5) is 0 Å². The van der Waals surface area contributed by atoms with E-state index < -0.39 is 0 Å². The van der Waals surface area contributed by atoms with Crippen LogP contribution in [0, 0.1) is 5.92 Å². The Kier molecular flexibility index (Phi) is 4.42. The molecule has 1 fully saturated rings. The molecule has 2 heterocycles. The fraction of sp³-hybridized carbons (Fsp3) is 0.615. The summed E-state index contributed by atoms with van der Waals surface area (Å²) in [5.74, 6) is 1.57. The molecule has 0 radical (unpaired) electrons. The minimum atomic E-state index is 0.730. The zero-order chi connectivity index (χ0) is 12.1. The lowest BCUT2D eigenvalue weighted by molar-refractivity contribution is 0.277. The second-order valence-corrected chi connectivity index (χ2v) is 5.77. The Bertz CT molecular complexity index is 351. The van der Waals surface area contributed by atoms with Crippen LogP contribution in [0.25, 0.3) is 0 Å². The van der Waals surface area contributed by atoms with E-state index in [1.165, 1.54) is 17.7 Å². The molecular formula is C13H21N3S. The van der Waals surface area contributed by atoms with Crippen LogP contribution in [0.15, 0.2) is 22.5 Å². The largest absolute Gasteiger partial charge is 0.370 e. The van der Waals surface area contributed by atoms with Crippen LogP contribution in [0.5, 0.6) is 0 Å². The fourth-order valence-corrected chi connectivity index (χ4v) is 2.77. The van der Waals surface area contributed by atoms with Crippen molar-refractivity contribution in [2.75, 3.05) is 19.6 Å². The van der Waals surface area contributed by atoms with Crippen molar-refractivity contribution in [2.45, 2.75) is 26.2 Å². The van der Waals surface area contributed by atoms with E-state index in [0.29, 0.717) is 0 Å². The molecule has 1 aromatic rings. The van der Waals surface area contributed by atoms with E-state index in [1.807, 2.05) is 0 Å². The lowest BCUT2D eigenvalue weighted by Crippen LogP contribution is -2.42. The molecule has 0 amide bonds. The molecule has 2 rings (SSSR count). The standard InChI is InChI=1S/C13H21N3S/c1-11-5-8-16(9-6-11)13(14)15-7-4-12-3-2-10-17-12/h2-3,10-11H,4-9H2,1H3,(H2,14,15). The van der Waals surface area contributed by atoms with Gasteiger partial charge in [-0.15, -0.1) is 11.3 Å². The van der Waals surface area contributed by atoms with Crippen LogP contribution in [-0.4, -0.2) is 30.5 Å². The number of nitrogens with zero attached hydrogens (tertiary/aromatic N) is 2. The normalized spacial score (nSPS) is 18.6. The Morgan fingerprint density at radius 2 is 2.29 bits per heavy atom. The van der Waals surface area contributed by atoms with Crippen LogP contribution in [0.1, 0.15) is 24.6 Å². The molecular weight excluding hydrogens is 230 g/mol. The van der Waals surface area contributed by atoms with Gasteiger partial charge in [0.25, 0.3) is 0 Å². The van der Waals surface area contributed by atoms with Crippen LogP contribution < -0.4 is 5.73 Å². The third-order valence-electron chi connectivity index (χ3n) is 3.32. The van der Waals surface area contributed by atoms with Crippen LogP contribution in [0.3, 0.4) is 0 Å². The molecule has 94 valence electrons. The summed E-state index contributed by atoms with van der Waals surface area (Å²) in [6.45, 7) is 5.24. The first-order valence-electron chi connectivity index (χ1n) is 6.33. The van der Waals surface area contributed by atoms with Gasteiger partial charge < -0.3 is 10.6 Å². The Morgan fingerprint density at radius 1 is 1.53 bits per heavy atom. The molecule has 0 spiro atoms. The van der Waals surface area contributed by atoms with Gasteiger partial charge in [0.1, 0.15) is 0 Å². The average Bonchev–Trinajstić information content (AvgIpc) is 2.83. The predicted octanol–water partition coefficient (Wildman–Crippen LogP) is 2.34. The van der Waals surface area contributed by atoms with Crippen LogP contribution in [-0.2, 0) is 6.42 Å². The summed E-state index contributed by atoms with van der Waals surface area (Å²) in [5.41, 5.74) is 6.01. The maximum absolute atomic E-state index is 6.01. The lowest BCUT2D eigenvalue weighted by Gasteiger charge is -2.31. The van der Waals surface area contributed by atoms with Crippen molar-refractivity contribution in [1.82, 2.24) is 4.90 Å². The van der Waals surface area contributed by atoms with Crippen molar-refractivity contribution in [3.8, 4) is 0 Å². The third-order valence-corrected chi connectivity index (χ3v) is 4.26. The first-order chi connectivity index (χ1) is 8.25. The van der Waals surface area contributed by atoms with E-state index in [9.17, 15) is 0 Å². The van der Waals surface area contributed by atoms with Crippen LogP contribution in [0.2, 0.25) is 0 Å². The number of aliphatic imine (C=N–C) groups is 1. The van der Waals surface area contributed by atoms with Gasteiger partial charge in [0.2, 0.25) is 0 Å². The van der Waals surface area contributed by atoms with Gasteiger partial charge in [-0.2, -0.15) is 0 Å². The molecule has 2 N–H and O–H groups in total. The molecule has 0 aromatic carbocycles. The van der Waals surface area contributed by atoms with Gasteiger partial charge in [0.05, 0.1) is 0 Å². The highest BCUT2D eigenvalue weighted by Gasteiger charge is 2.16. The van der Waals surface area contributed by atoms with Gasteiger partial charge in [-0.3, -0.25) is 4.99 Å². The molecule has 0 aliphatic carbocycles. The molecule has 17 heavy (non-hydrogen) atoms. The summed E-state index contributed by atoms with van der Waals surface area (Å²) < 4.78 is 0. The maximum atomic E-state index is 6.01. The van der Waals surface area contributed by atoms with Crippen molar-refractivity contribution in [1.29, 1.82) is 0 Å². The van der Waals surface area contributed by atoms with Crippen molar-refractivity contribution in [2.24, 2.45) is 16.6 Å². The minimum absolute atomic E-state index is 0.730. The van der Waals surface area contributed by atoms with Gasteiger partial charge in [0.15, 0.2) is 5.96 Å². The zero-order valence-corrected chi connectivity index (χ0v) is 11.2. The summed E-state index contributed by atoms with van der Waals surface area (Å²) in [6, 6.07) is 4.23. The quantitative estimate of drug-likeness (QED) is 0.662. The first kappa shape index (κ1) is 12.4. The summed E-state index contributed by atoms with van der Waals surface area (Å²) in [7, 11) is 0. The van der Waals surface area contributed by atoms with Gasteiger partial charge in [0, 0.05) is 30.9 Å². The van der Waals surface area contributed by atoms with E-state index in [1.54, 1.807) is 11.3 Å². The van der Waals surface area contributed by atoms with Gasteiger partial charge in [-0.25, -0.2) is 0 Å². The summed E-state index contributed by atoms with van der Waals surface area (Å²) >= 11 is 1.79. The number of hydrogen-bond acceptors (Lipinski definition) is 2. The van der Waals surface area contributed by atoms with Crippen molar-refractivity contribution in [3.63, 3.8) is 0 Å². The minimum Gasteiger partial charge on any atom is -0.370 e. The molecule has 4 heteroatoms. The molecule has 0 bridgehead atoms. The third kappa shape index (κ3) is 3.73. The molecule has 1 aromatic heterocycles. The topological polar surface area (TPSA) is 41.6 Å². The predicted molar refractivity (Wildman–Crippen MR) is 74.5 cm³/mol. The highest BCUT2D eigenvalue weighted by atomic mass is 32.1. The van der Waals surface area contributed by atoms with Crippen molar-refractivity contribution < 1.29 is 0 Å². The smallest absolute Gasteiger partial charge is 0.191 e. The van der Waals surface area contributed by atoms with Gasteiger partial charge in [-0.05, 0) is 30.2 Å². The summed E-state index contributed by atoms with van der Waals surface area (Å²) in [4.78, 5) is 8.07. The second-order valence-electron chi connectivity index (χ2n) is 4.74. The summed E-state index contributed by atoms with van der Waals surface area (Å²) in [6.07, 6.45) is 3.48. The molecule has 1 saturated heterocycles. The second kappa shape index (κ2) is 6.05. The Balaban J connectivity index is 1.77. The number of thiophene rings is 1. The number of nitrogens with two attached hydrogens (primary N) is 1. The Hall–Kier alpha value is -1.03. The number of hydrogen-bond donors (Lipinski definition) is 1. The van der Waals surface area contributed by atoms with Crippen LogP contribution >= 0.6 is 11.3 Å². The molecule has 1 aliphatic rings. The Morgan fingerprint density at radius 3 is 2.94 bits per heavy atom. The fourth-order valence-electron chi connectivity index (χ4n) is 2.07. The van der Waals surface area contributed by atoms with E-state index >= 15 is 0 Å². The highest BCUT2D eigenvalue weighted by Crippen LogP contribution is 2.15. The van der Waals surface area contributed by atoms with Gasteiger partial charge in [-0.1, -0.05) is 13.0 Å². The first-order valence-corrected chi connectivity index (χ1v) is 7.21. The molecule has 0 unspecified atom stereocenters. The lowest BCUT2D eigenvalue weighted by atomic mass is 10.00. The number of likely N-dealkylation sites (tertiary alicyclic amines) is 1. The van der Waals surface area contributed by atoms with E-state index in [0.717, 1.165) is 37.9 Å². The molecule has 1 aliphatic heterocycles. The van der Waals surface area contributed by atoms with E-state index in [2.05, 4.69) is 34.3 Å². The SMILES string of the molecule is CC1CCN(C(N)=NCCc2cccs2)CC1. The number of rotatable bonds is 3. The maximum Gasteiger partial charge on any atom is 0.191 e. The van der Waals surface area contributed by atoms with Gasteiger partial charge >= 0.3 is 0 Å². The average molecular weight is 251 g/mol. The monoisotopic (exact) mass is 251 g/mol.